The quantitative estimate of drug-likeness (QED) is 0.631. The van der Waals surface area contributed by atoms with Crippen LogP contribution in [0, 0.1) is 5.92 Å². The minimum atomic E-state index is 0.912. The Kier molecular flexibility index (Phi) is 9.78. The van der Waals surface area contributed by atoms with Crippen molar-refractivity contribution in [2.45, 2.75) is 57.8 Å². The molecule has 0 unspecified atom stereocenters. The van der Waals surface area contributed by atoms with Gasteiger partial charge in [0.2, 0.25) is 0 Å². The highest BCUT2D eigenvalue weighted by atomic mass is 14.9. The Hall–Kier alpha value is -1.76. The van der Waals surface area contributed by atoms with E-state index in [2.05, 4.69) is 53.9 Å². The lowest BCUT2D eigenvalue weighted by molar-refractivity contribution is 0.397. The molecule has 1 saturated carbocycles. The van der Waals surface area contributed by atoms with Crippen molar-refractivity contribution in [2.75, 3.05) is 6.54 Å². The van der Waals surface area contributed by atoms with E-state index in [1.54, 1.807) is 0 Å². The molecule has 1 heteroatoms. The van der Waals surface area contributed by atoms with Gasteiger partial charge in [0.05, 0.1) is 0 Å². The van der Waals surface area contributed by atoms with Crippen LogP contribution in [0.2, 0.25) is 0 Å². The molecule has 1 nitrogen and oxygen atoms in total. The van der Waals surface area contributed by atoms with Crippen LogP contribution >= 0.6 is 0 Å². The Morgan fingerprint density at radius 1 is 0.667 bits per heavy atom. The molecule has 2 aliphatic carbocycles. The average molecular weight is 324 g/mol. The fourth-order valence-electron chi connectivity index (χ4n) is 3.37. The molecule has 0 aliphatic heterocycles. The Labute approximate surface area is 148 Å². The van der Waals surface area contributed by atoms with Gasteiger partial charge in [-0.15, -0.1) is 0 Å². The normalized spacial score (nSPS) is 29.2. The van der Waals surface area contributed by atoms with E-state index in [1.165, 1.54) is 63.5 Å². The highest BCUT2D eigenvalue weighted by molar-refractivity contribution is 5.28. The predicted octanol–water partition coefficient (Wildman–Crippen LogP) is 6.40. The summed E-state index contributed by atoms with van der Waals surface area (Å²) in [5.74, 6) is 0.912. The molecule has 0 spiro atoms. The third-order valence-electron chi connectivity index (χ3n) is 4.80. The fourth-order valence-corrected chi connectivity index (χ4v) is 3.37. The molecule has 0 aromatic rings. The second-order valence-electron chi connectivity index (χ2n) is 6.80. The first-order chi connectivity index (χ1) is 11.9. The van der Waals surface area contributed by atoms with Gasteiger partial charge in [-0.3, -0.25) is 0 Å². The standard InChI is InChI=1S/C23H33N/c1-2-4-10-14-18-23(19-15-11-5-3-1)24-21-20-22-16-12-8-6-7-9-13-17-22/h1-5,10-11,14-15,18-19,22,24H,6-9,12-13,16-17,20-21H2/b2-1-,3-1?,4-2?,5-3-,10-4-,11-5?,14-10?,15-11-,18-14-,19-15?,23-18?,23-19+. The Balaban J connectivity index is 1.81. The van der Waals surface area contributed by atoms with Gasteiger partial charge in [-0.25, -0.2) is 0 Å². The smallest absolute Gasteiger partial charge is 0.0340 e. The van der Waals surface area contributed by atoms with Crippen molar-refractivity contribution in [1.82, 2.24) is 5.32 Å². The van der Waals surface area contributed by atoms with Crippen LogP contribution in [0.4, 0.5) is 0 Å². The summed E-state index contributed by atoms with van der Waals surface area (Å²) in [6, 6.07) is 0. The van der Waals surface area contributed by atoms with Crippen molar-refractivity contribution in [2.24, 2.45) is 5.92 Å². The summed E-state index contributed by atoms with van der Waals surface area (Å²) in [7, 11) is 0. The van der Waals surface area contributed by atoms with Crippen molar-refractivity contribution in [1.29, 1.82) is 0 Å². The van der Waals surface area contributed by atoms with Crippen molar-refractivity contribution in [3.05, 3.63) is 72.5 Å². The van der Waals surface area contributed by atoms with Gasteiger partial charge in [0.15, 0.2) is 0 Å². The summed E-state index contributed by atoms with van der Waals surface area (Å²) < 4.78 is 0. The first-order valence-electron chi connectivity index (χ1n) is 9.74. The van der Waals surface area contributed by atoms with E-state index in [0.717, 1.165) is 12.5 Å². The Morgan fingerprint density at radius 2 is 1.21 bits per heavy atom. The number of nitrogens with one attached hydrogen (secondary N) is 1. The van der Waals surface area contributed by atoms with E-state index < -0.39 is 0 Å². The third kappa shape index (κ3) is 8.76. The average Bonchev–Trinajstić information content (AvgIpc) is 2.71. The van der Waals surface area contributed by atoms with Crippen molar-refractivity contribution in [3.8, 4) is 0 Å². The zero-order chi connectivity index (χ0) is 16.7. The van der Waals surface area contributed by atoms with Gasteiger partial charge in [-0.2, -0.15) is 0 Å². The number of hydrogen-bond acceptors (Lipinski definition) is 1. The van der Waals surface area contributed by atoms with E-state index in [1.807, 2.05) is 18.2 Å². The number of rotatable bonds is 4. The monoisotopic (exact) mass is 323 g/mol. The summed E-state index contributed by atoms with van der Waals surface area (Å²) in [4.78, 5) is 0. The van der Waals surface area contributed by atoms with E-state index in [4.69, 9.17) is 0 Å². The van der Waals surface area contributed by atoms with E-state index in [9.17, 15) is 0 Å². The van der Waals surface area contributed by atoms with Gasteiger partial charge in [0.25, 0.3) is 0 Å². The molecule has 1 N–H and O–H groups in total. The number of allylic oxidation sites excluding steroid dienone is 11. The van der Waals surface area contributed by atoms with Crippen LogP contribution in [0.15, 0.2) is 72.5 Å². The van der Waals surface area contributed by atoms with Crippen LogP contribution in [-0.2, 0) is 0 Å². The maximum Gasteiger partial charge on any atom is 0.0340 e. The van der Waals surface area contributed by atoms with Crippen LogP contribution in [0.3, 0.4) is 0 Å². The molecule has 0 saturated heterocycles. The van der Waals surface area contributed by atoms with E-state index >= 15 is 0 Å². The lowest BCUT2D eigenvalue weighted by Gasteiger charge is -2.16. The van der Waals surface area contributed by atoms with Crippen LogP contribution < -0.4 is 5.32 Å². The largest absolute Gasteiger partial charge is 0.385 e. The molecule has 0 aromatic heterocycles. The molecule has 24 heavy (non-hydrogen) atoms. The summed E-state index contributed by atoms with van der Waals surface area (Å²) in [6.45, 7) is 1.08. The molecular weight excluding hydrogens is 290 g/mol. The van der Waals surface area contributed by atoms with Crippen molar-refractivity contribution >= 4 is 0 Å². The zero-order valence-electron chi connectivity index (χ0n) is 15.0. The van der Waals surface area contributed by atoms with Gasteiger partial charge < -0.3 is 5.32 Å². The summed E-state index contributed by atoms with van der Waals surface area (Å²) >= 11 is 0. The highest BCUT2D eigenvalue weighted by Gasteiger charge is 2.10. The zero-order valence-corrected chi connectivity index (χ0v) is 15.0. The van der Waals surface area contributed by atoms with Gasteiger partial charge in [-0.05, 0) is 24.5 Å². The molecule has 0 aromatic carbocycles. The molecule has 0 radical (unpaired) electrons. The maximum atomic E-state index is 3.62. The SMILES string of the molecule is C1=C\C=C/C=C\C(NCCC2CCCCCCCC2)=C/C=C\C=C/1. The molecule has 130 valence electrons. The van der Waals surface area contributed by atoms with E-state index in [-0.39, 0.29) is 0 Å². The minimum Gasteiger partial charge on any atom is -0.385 e. The highest BCUT2D eigenvalue weighted by Crippen LogP contribution is 2.23. The second-order valence-corrected chi connectivity index (χ2v) is 6.80. The lowest BCUT2D eigenvalue weighted by Crippen LogP contribution is -2.17. The topological polar surface area (TPSA) is 12.0 Å². The van der Waals surface area contributed by atoms with Crippen molar-refractivity contribution < 1.29 is 0 Å². The maximum absolute atomic E-state index is 3.62. The summed E-state index contributed by atoms with van der Waals surface area (Å²) in [5.41, 5.74) is 1.19. The molecule has 1 fully saturated rings. The van der Waals surface area contributed by atoms with Crippen LogP contribution in [0.25, 0.3) is 0 Å². The minimum absolute atomic E-state index is 0.912. The van der Waals surface area contributed by atoms with Gasteiger partial charge in [-0.1, -0.05) is 106 Å². The molecule has 0 atom stereocenters. The van der Waals surface area contributed by atoms with Crippen molar-refractivity contribution in [3.63, 3.8) is 0 Å². The van der Waals surface area contributed by atoms with E-state index in [0.29, 0.717) is 0 Å². The van der Waals surface area contributed by atoms with Gasteiger partial charge in [0, 0.05) is 12.2 Å². The first-order valence-corrected chi connectivity index (χ1v) is 9.74. The van der Waals surface area contributed by atoms with Gasteiger partial charge in [0.1, 0.15) is 0 Å². The van der Waals surface area contributed by atoms with Gasteiger partial charge >= 0.3 is 0 Å². The summed E-state index contributed by atoms with van der Waals surface area (Å²) in [6.07, 6.45) is 35.7. The number of hydrogen-bond donors (Lipinski definition) is 1. The lowest BCUT2D eigenvalue weighted by atomic mass is 9.94. The fraction of sp³-hybridized carbons (Fsp3) is 0.478. The van der Waals surface area contributed by atoms with Crippen LogP contribution in [0.1, 0.15) is 57.8 Å². The summed E-state index contributed by atoms with van der Waals surface area (Å²) in [5, 5.41) is 3.62. The Morgan fingerprint density at radius 3 is 1.88 bits per heavy atom. The molecule has 2 aliphatic rings. The Bertz CT molecular complexity index is 492. The second kappa shape index (κ2) is 12.6. The third-order valence-corrected chi connectivity index (χ3v) is 4.80. The van der Waals surface area contributed by atoms with Crippen LogP contribution in [0.5, 0.6) is 0 Å². The van der Waals surface area contributed by atoms with Crippen LogP contribution in [-0.4, -0.2) is 6.54 Å². The predicted molar refractivity (Wildman–Crippen MR) is 107 cm³/mol. The molecule has 2 rings (SSSR count). The molecular formula is C23H33N. The molecule has 0 heterocycles. The molecule has 0 bridgehead atoms. The first kappa shape index (κ1) is 18.6. The molecule has 0 amide bonds.